The highest BCUT2D eigenvalue weighted by Gasteiger charge is 2.25. The lowest BCUT2D eigenvalue weighted by atomic mass is 10.1. The number of anilines is 1. The van der Waals surface area contributed by atoms with Crippen molar-refractivity contribution in [3.8, 4) is 46.0 Å². The molecule has 1 unspecified atom stereocenters. The van der Waals surface area contributed by atoms with Crippen molar-refractivity contribution in [3.63, 3.8) is 0 Å². The number of carbonyl (C=O) groups excluding carboxylic acids is 1. The van der Waals surface area contributed by atoms with Crippen molar-refractivity contribution < 1.29 is 42.7 Å². The van der Waals surface area contributed by atoms with Crippen molar-refractivity contribution in [2.75, 3.05) is 61.2 Å². The molecule has 1 aliphatic rings. The summed E-state index contributed by atoms with van der Waals surface area (Å²) in [4.78, 5) is 12.6. The average molecular weight is 699 g/mol. The smallest absolute Gasteiger partial charge is 0.255 e. The van der Waals surface area contributed by atoms with E-state index in [1.807, 2.05) is 72.8 Å². The lowest BCUT2D eigenvalue weighted by Crippen LogP contribution is -2.38. The Hall–Kier alpha value is -5.71. The molecule has 0 saturated heterocycles. The molecule has 0 radical (unpaired) electrons. The molecule has 0 aromatic heterocycles. The molecule has 1 aliphatic heterocycles. The number of para-hydroxylation sites is 1. The number of hydrogen-bond acceptors (Lipinski definition) is 10. The van der Waals surface area contributed by atoms with Crippen LogP contribution < -0.4 is 48.5 Å². The van der Waals surface area contributed by atoms with Crippen LogP contribution in [0.4, 0.5) is 5.69 Å². The third-order valence-electron chi connectivity index (χ3n) is 8.48. The van der Waals surface area contributed by atoms with Gasteiger partial charge in [-0.15, -0.1) is 0 Å². The van der Waals surface area contributed by atoms with Gasteiger partial charge < -0.3 is 48.5 Å². The summed E-state index contributed by atoms with van der Waals surface area (Å²) in [5.74, 6) is 4.55. The van der Waals surface area contributed by atoms with Crippen molar-refractivity contribution in [1.29, 1.82) is 0 Å². The van der Waals surface area contributed by atoms with Gasteiger partial charge in [-0.2, -0.15) is 0 Å². The Morgan fingerprint density at radius 2 is 1.22 bits per heavy atom. The molecule has 1 heterocycles. The van der Waals surface area contributed by atoms with Crippen LogP contribution in [-0.2, 0) is 0 Å². The monoisotopic (exact) mass is 698 g/mol. The van der Waals surface area contributed by atoms with Crippen molar-refractivity contribution in [1.82, 2.24) is 5.32 Å². The Labute approximate surface area is 299 Å². The summed E-state index contributed by atoms with van der Waals surface area (Å²) in [5, 5.41) is 6.37. The van der Waals surface area contributed by atoms with E-state index >= 15 is 0 Å². The van der Waals surface area contributed by atoms with Gasteiger partial charge in [-0.05, 0) is 85.3 Å². The van der Waals surface area contributed by atoms with Crippen LogP contribution in [0.2, 0.25) is 0 Å². The minimum absolute atomic E-state index is 0.118. The topological polar surface area (TPSA) is 115 Å². The maximum absolute atomic E-state index is 12.6. The number of rotatable bonds is 18. The molecule has 4 aromatic carbocycles. The second-order valence-electron chi connectivity index (χ2n) is 11.6. The number of hydrogen-bond donors (Lipinski definition) is 2. The van der Waals surface area contributed by atoms with Crippen LogP contribution in [0, 0.1) is 0 Å². The standard InChI is InChI=1S/C40H46N2O9/c1-44-32-20-17-27(16-15-26-23-34(46-3)37(49-6)35(24-26)47-4)36(48-5)38(32)51-22-12-8-7-11-21-50-31-19-18-28(25-33(31)45-2)39-41-30-14-10-9-13-29(30)40(43)42-39/h9-10,13-20,23-25,39,41H,7-8,11-12,21-22H2,1-6H3,(H,42,43)/b16-15+. The van der Waals surface area contributed by atoms with Gasteiger partial charge in [0.1, 0.15) is 6.17 Å². The first-order valence-corrected chi connectivity index (χ1v) is 16.8. The molecule has 51 heavy (non-hydrogen) atoms. The summed E-state index contributed by atoms with van der Waals surface area (Å²) in [7, 11) is 9.59. The minimum atomic E-state index is -0.370. The molecule has 11 heteroatoms. The number of methoxy groups -OCH3 is 6. The first-order chi connectivity index (χ1) is 24.9. The van der Waals surface area contributed by atoms with Crippen LogP contribution in [0.5, 0.6) is 46.0 Å². The zero-order chi connectivity index (χ0) is 36.2. The first-order valence-electron chi connectivity index (χ1n) is 16.8. The van der Waals surface area contributed by atoms with Crippen LogP contribution in [0.25, 0.3) is 12.2 Å². The van der Waals surface area contributed by atoms with Crippen molar-refractivity contribution >= 4 is 23.7 Å². The fourth-order valence-corrected chi connectivity index (χ4v) is 5.85. The van der Waals surface area contributed by atoms with Gasteiger partial charge in [0.25, 0.3) is 5.91 Å². The van der Waals surface area contributed by atoms with E-state index in [9.17, 15) is 4.79 Å². The van der Waals surface area contributed by atoms with E-state index in [1.165, 1.54) is 0 Å². The molecule has 0 fully saturated rings. The number of unbranched alkanes of at least 4 members (excludes halogenated alkanes) is 3. The molecule has 0 spiro atoms. The molecular formula is C40H46N2O9. The number of nitrogens with one attached hydrogen (secondary N) is 2. The fourth-order valence-electron chi connectivity index (χ4n) is 5.85. The molecular weight excluding hydrogens is 652 g/mol. The summed E-state index contributed by atoms with van der Waals surface area (Å²) in [6, 6.07) is 20.7. The lowest BCUT2D eigenvalue weighted by molar-refractivity contribution is 0.0935. The second-order valence-corrected chi connectivity index (χ2v) is 11.6. The predicted molar refractivity (Wildman–Crippen MR) is 197 cm³/mol. The Morgan fingerprint density at radius 3 is 1.88 bits per heavy atom. The number of ether oxygens (including phenoxy) is 8. The van der Waals surface area contributed by atoms with E-state index in [2.05, 4.69) is 10.6 Å². The molecule has 0 bridgehead atoms. The molecule has 270 valence electrons. The van der Waals surface area contributed by atoms with Gasteiger partial charge in [0.2, 0.25) is 11.5 Å². The van der Waals surface area contributed by atoms with E-state index in [-0.39, 0.29) is 12.1 Å². The zero-order valence-corrected chi connectivity index (χ0v) is 30.0. The molecule has 11 nitrogen and oxygen atoms in total. The summed E-state index contributed by atoms with van der Waals surface area (Å²) in [5.41, 5.74) is 3.98. The number of benzene rings is 4. The third kappa shape index (κ3) is 8.72. The van der Waals surface area contributed by atoms with Crippen LogP contribution in [0.3, 0.4) is 0 Å². The predicted octanol–water partition coefficient (Wildman–Crippen LogP) is 7.78. The van der Waals surface area contributed by atoms with Gasteiger partial charge in [0.15, 0.2) is 34.5 Å². The molecule has 0 saturated carbocycles. The Bertz CT molecular complexity index is 1800. The normalized spacial score (nSPS) is 13.5. The minimum Gasteiger partial charge on any atom is -0.493 e. The van der Waals surface area contributed by atoms with Crippen molar-refractivity contribution in [2.45, 2.75) is 31.8 Å². The van der Waals surface area contributed by atoms with Crippen molar-refractivity contribution in [3.05, 3.63) is 89.0 Å². The summed E-state index contributed by atoms with van der Waals surface area (Å²) < 4.78 is 45.7. The van der Waals surface area contributed by atoms with E-state index in [4.69, 9.17) is 37.9 Å². The Balaban J connectivity index is 1.11. The van der Waals surface area contributed by atoms with Crippen LogP contribution in [-0.4, -0.2) is 61.8 Å². The lowest BCUT2D eigenvalue weighted by Gasteiger charge is -2.28. The average Bonchev–Trinajstić information content (AvgIpc) is 3.17. The van der Waals surface area contributed by atoms with E-state index < -0.39 is 0 Å². The zero-order valence-electron chi connectivity index (χ0n) is 30.0. The highest BCUT2D eigenvalue weighted by atomic mass is 16.5. The van der Waals surface area contributed by atoms with Gasteiger partial charge in [-0.3, -0.25) is 4.79 Å². The summed E-state index contributed by atoms with van der Waals surface area (Å²) in [6.07, 6.45) is 7.15. The fraction of sp³-hybridized carbons (Fsp3) is 0.325. The van der Waals surface area contributed by atoms with Gasteiger partial charge in [0, 0.05) is 11.3 Å². The second kappa shape index (κ2) is 17.8. The van der Waals surface area contributed by atoms with Crippen LogP contribution >= 0.6 is 0 Å². The third-order valence-corrected chi connectivity index (χ3v) is 8.48. The highest BCUT2D eigenvalue weighted by molar-refractivity contribution is 6.01. The van der Waals surface area contributed by atoms with E-state index in [0.29, 0.717) is 64.8 Å². The molecule has 1 atom stereocenters. The summed E-state index contributed by atoms with van der Waals surface area (Å²) in [6.45, 7) is 1.05. The molecule has 1 amide bonds. The molecule has 4 aromatic rings. The number of fused-ring (bicyclic) bond motifs is 1. The van der Waals surface area contributed by atoms with Crippen LogP contribution in [0.1, 0.15) is 58.9 Å². The quantitative estimate of drug-likeness (QED) is 0.0789. The highest BCUT2D eigenvalue weighted by Crippen LogP contribution is 2.42. The Morgan fingerprint density at radius 1 is 0.569 bits per heavy atom. The summed E-state index contributed by atoms with van der Waals surface area (Å²) >= 11 is 0. The van der Waals surface area contributed by atoms with Gasteiger partial charge in [-0.1, -0.05) is 30.4 Å². The maximum Gasteiger partial charge on any atom is 0.255 e. The number of carbonyl (C=O) groups is 1. The van der Waals surface area contributed by atoms with E-state index in [1.54, 1.807) is 48.7 Å². The first kappa shape index (κ1) is 36.6. The van der Waals surface area contributed by atoms with Gasteiger partial charge >= 0.3 is 0 Å². The van der Waals surface area contributed by atoms with Gasteiger partial charge in [0.05, 0.1) is 61.4 Å². The maximum atomic E-state index is 12.6. The largest absolute Gasteiger partial charge is 0.493 e. The van der Waals surface area contributed by atoms with Gasteiger partial charge in [-0.25, -0.2) is 0 Å². The molecule has 2 N–H and O–H groups in total. The van der Waals surface area contributed by atoms with E-state index in [0.717, 1.165) is 48.1 Å². The van der Waals surface area contributed by atoms with Crippen LogP contribution in [0.15, 0.2) is 66.7 Å². The molecule has 0 aliphatic carbocycles. The molecule has 5 rings (SSSR count). The Kier molecular flexibility index (Phi) is 12.8. The SMILES string of the molecule is COc1cc(C2NC(=O)c3ccccc3N2)ccc1OCCCCCCOc1c(OC)ccc(/C=C/c2cc(OC)c(OC)c(OC)c2)c1OC. The number of amides is 1. The van der Waals surface area contributed by atoms with Crippen molar-refractivity contribution in [2.24, 2.45) is 0 Å².